The lowest BCUT2D eigenvalue weighted by atomic mass is 9.82. The highest BCUT2D eigenvalue weighted by Crippen LogP contribution is 2.32. The molecule has 6 rings (SSSR count). The van der Waals surface area contributed by atoms with Gasteiger partial charge < -0.3 is 15.3 Å². The Morgan fingerprint density at radius 3 is 2.38 bits per heavy atom. The van der Waals surface area contributed by atoms with Gasteiger partial charge in [0.05, 0.1) is 16.7 Å². The predicted octanol–water partition coefficient (Wildman–Crippen LogP) is 4.18. The maximum Gasteiger partial charge on any atom is 0.258 e. The number of rotatable bonds is 6. The summed E-state index contributed by atoms with van der Waals surface area (Å²) >= 11 is 0. The first kappa shape index (κ1) is 26.1. The summed E-state index contributed by atoms with van der Waals surface area (Å²) in [5.41, 5.74) is 2.87. The standard InChI is InChI=1S/C32H34N6O2/c1-4-22-18-29(39)38(27-8-6-5-7-9-27)30-28(22)19-33-31(35-30)34-24-10-12-25(13-11-24)36-16-14-26(15-17-36)37-20-23(21-37)32(2,3)40/h1,5-13,18-19,23,26,40H,14-17,20-21H2,2-3H3,(H,33,34,35). The summed E-state index contributed by atoms with van der Waals surface area (Å²) in [5.74, 6) is 3.35. The molecule has 0 spiro atoms. The molecule has 0 bridgehead atoms. The van der Waals surface area contributed by atoms with Crippen LogP contribution in [0, 0.1) is 18.3 Å². The summed E-state index contributed by atoms with van der Waals surface area (Å²) in [6, 6.07) is 19.7. The number of anilines is 3. The number of hydrogen-bond donors (Lipinski definition) is 2. The van der Waals surface area contributed by atoms with Gasteiger partial charge in [-0.3, -0.25) is 14.3 Å². The Kier molecular flexibility index (Phi) is 6.78. The number of likely N-dealkylation sites (tertiary alicyclic amines) is 1. The molecule has 0 aliphatic carbocycles. The highest BCUT2D eigenvalue weighted by molar-refractivity contribution is 5.84. The molecule has 8 heteroatoms. The molecule has 2 N–H and O–H groups in total. The SMILES string of the molecule is C#Cc1cc(=O)n(-c2ccccc2)c2nc(Nc3ccc(N4CCC(N5CC(C(C)(C)O)C5)CC4)cc3)ncc12. The molecule has 2 aliphatic rings. The van der Waals surface area contributed by atoms with Crippen LogP contribution in [0.2, 0.25) is 0 Å². The number of aliphatic hydroxyl groups is 1. The molecule has 0 radical (unpaired) electrons. The number of terminal acetylenes is 1. The summed E-state index contributed by atoms with van der Waals surface area (Å²) in [4.78, 5) is 27.1. The monoisotopic (exact) mass is 534 g/mol. The number of para-hydroxylation sites is 1. The van der Waals surface area contributed by atoms with Crippen molar-refractivity contribution in [3.8, 4) is 18.0 Å². The Hall–Kier alpha value is -4.19. The topological polar surface area (TPSA) is 86.5 Å². The molecule has 204 valence electrons. The molecule has 2 aliphatic heterocycles. The van der Waals surface area contributed by atoms with Gasteiger partial charge in [0.15, 0.2) is 5.65 Å². The number of benzene rings is 2. The molecule has 2 aromatic heterocycles. The third-order valence-electron chi connectivity index (χ3n) is 8.31. The summed E-state index contributed by atoms with van der Waals surface area (Å²) in [7, 11) is 0. The van der Waals surface area contributed by atoms with E-state index in [9.17, 15) is 9.90 Å². The van der Waals surface area contributed by atoms with Crippen LogP contribution in [0.15, 0.2) is 71.7 Å². The largest absolute Gasteiger partial charge is 0.390 e. The minimum absolute atomic E-state index is 0.240. The molecule has 0 saturated carbocycles. The summed E-state index contributed by atoms with van der Waals surface area (Å²) in [5, 5.41) is 14.2. The molecule has 2 aromatic carbocycles. The van der Waals surface area contributed by atoms with E-state index >= 15 is 0 Å². The zero-order valence-electron chi connectivity index (χ0n) is 22.9. The normalized spacial score (nSPS) is 17.0. The van der Waals surface area contributed by atoms with Crippen molar-refractivity contribution in [2.45, 2.75) is 38.3 Å². The molecular weight excluding hydrogens is 500 g/mol. The van der Waals surface area contributed by atoms with Crippen LogP contribution in [-0.2, 0) is 0 Å². The second kappa shape index (κ2) is 10.4. The lowest BCUT2D eigenvalue weighted by Crippen LogP contribution is -2.60. The summed E-state index contributed by atoms with van der Waals surface area (Å²) in [6.45, 7) is 7.86. The first-order valence-electron chi connectivity index (χ1n) is 13.8. The van der Waals surface area contributed by atoms with Crippen molar-refractivity contribution < 1.29 is 5.11 Å². The fraction of sp³-hybridized carbons (Fsp3) is 0.344. The Labute approximate surface area is 234 Å². The Morgan fingerprint density at radius 1 is 1.02 bits per heavy atom. The Morgan fingerprint density at radius 2 is 1.73 bits per heavy atom. The average Bonchev–Trinajstić information content (AvgIpc) is 2.92. The average molecular weight is 535 g/mol. The smallest absolute Gasteiger partial charge is 0.258 e. The van der Waals surface area contributed by atoms with E-state index in [0.29, 0.717) is 40.2 Å². The third-order valence-corrected chi connectivity index (χ3v) is 8.31. The van der Waals surface area contributed by atoms with Crippen molar-refractivity contribution in [1.82, 2.24) is 19.4 Å². The van der Waals surface area contributed by atoms with Crippen LogP contribution in [-0.4, -0.2) is 62.4 Å². The van der Waals surface area contributed by atoms with Crippen LogP contribution in [0.25, 0.3) is 16.7 Å². The fourth-order valence-electron chi connectivity index (χ4n) is 5.74. The number of hydrogen-bond acceptors (Lipinski definition) is 7. The summed E-state index contributed by atoms with van der Waals surface area (Å²) in [6.07, 6.45) is 9.61. The van der Waals surface area contributed by atoms with E-state index < -0.39 is 5.60 Å². The Bertz CT molecular complexity index is 1600. The molecule has 0 unspecified atom stereocenters. The molecule has 4 heterocycles. The number of nitrogens with zero attached hydrogens (tertiary/aromatic N) is 5. The van der Waals surface area contributed by atoms with E-state index in [1.165, 1.54) is 11.8 Å². The lowest BCUT2D eigenvalue weighted by Gasteiger charge is -2.51. The van der Waals surface area contributed by atoms with Crippen LogP contribution in [0.5, 0.6) is 0 Å². The molecule has 4 aromatic rings. The van der Waals surface area contributed by atoms with Crippen molar-refractivity contribution in [1.29, 1.82) is 0 Å². The van der Waals surface area contributed by atoms with Crippen molar-refractivity contribution in [2.24, 2.45) is 5.92 Å². The molecule has 2 saturated heterocycles. The van der Waals surface area contributed by atoms with Gasteiger partial charge in [-0.25, -0.2) is 4.98 Å². The molecule has 2 fully saturated rings. The number of piperidine rings is 1. The van der Waals surface area contributed by atoms with Crippen molar-refractivity contribution >= 4 is 28.4 Å². The zero-order chi connectivity index (χ0) is 27.9. The molecule has 8 nitrogen and oxygen atoms in total. The van der Waals surface area contributed by atoms with Crippen LogP contribution in [0.3, 0.4) is 0 Å². The van der Waals surface area contributed by atoms with Gasteiger partial charge in [-0.2, -0.15) is 4.98 Å². The van der Waals surface area contributed by atoms with Gasteiger partial charge in [-0.15, -0.1) is 6.42 Å². The van der Waals surface area contributed by atoms with Gasteiger partial charge in [-0.1, -0.05) is 24.1 Å². The maximum absolute atomic E-state index is 13.0. The summed E-state index contributed by atoms with van der Waals surface area (Å²) < 4.78 is 1.56. The number of fused-ring (bicyclic) bond motifs is 1. The van der Waals surface area contributed by atoms with Crippen LogP contribution < -0.4 is 15.8 Å². The second-order valence-corrected chi connectivity index (χ2v) is 11.3. The first-order chi connectivity index (χ1) is 19.3. The van der Waals surface area contributed by atoms with Gasteiger partial charge in [0, 0.05) is 67.3 Å². The van der Waals surface area contributed by atoms with Gasteiger partial charge in [-0.05, 0) is 63.1 Å². The van der Waals surface area contributed by atoms with Crippen LogP contribution in [0.1, 0.15) is 32.3 Å². The first-order valence-corrected chi connectivity index (χ1v) is 13.8. The van der Waals surface area contributed by atoms with Gasteiger partial charge in [0.2, 0.25) is 5.95 Å². The van der Waals surface area contributed by atoms with Gasteiger partial charge in [0.25, 0.3) is 5.56 Å². The van der Waals surface area contributed by atoms with Crippen LogP contribution >= 0.6 is 0 Å². The van der Waals surface area contributed by atoms with Gasteiger partial charge >= 0.3 is 0 Å². The quantitative estimate of drug-likeness (QED) is 0.359. The van der Waals surface area contributed by atoms with E-state index in [1.807, 2.05) is 56.3 Å². The number of pyridine rings is 1. The highest BCUT2D eigenvalue weighted by atomic mass is 16.3. The lowest BCUT2D eigenvalue weighted by molar-refractivity contribution is -0.0795. The minimum Gasteiger partial charge on any atom is -0.390 e. The third kappa shape index (κ3) is 5.06. The van der Waals surface area contributed by atoms with E-state index in [0.717, 1.165) is 44.7 Å². The van der Waals surface area contributed by atoms with E-state index in [-0.39, 0.29) is 5.56 Å². The molecule has 0 atom stereocenters. The predicted molar refractivity (Wildman–Crippen MR) is 159 cm³/mol. The number of nitrogens with one attached hydrogen (secondary N) is 1. The molecule has 40 heavy (non-hydrogen) atoms. The van der Waals surface area contributed by atoms with E-state index in [1.54, 1.807) is 10.8 Å². The van der Waals surface area contributed by atoms with E-state index in [2.05, 4.69) is 38.2 Å². The fourth-order valence-corrected chi connectivity index (χ4v) is 5.74. The van der Waals surface area contributed by atoms with Crippen LogP contribution in [0.4, 0.5) is 17.3 Å². The van der Waals surface area contributed by atoms with Gasteiger partial charge in [0.1, 0.15) is 0 Å². The van der Waals surface area contributed by atoms with Crippen molar-refractivity contribution in [3.63, 3.8) is 0 Å². The van der Waals surface area contributed by atoms with E-state index in [4.69, 9.17) is 11.4 Å². The second-order valence-electron chi connectivity index (χ2n) is 11.3. The maximum atomic E-state index is 13.0. The Balaban J connectivity index is 1.15. The van der Waals surface area contributed by atoms with Crippen molar-refractivity contribution in [3.05, 3.63) is 82.8 Å². The highest BCUT2D eigenvalue weighted by Gasteiger charge is 2.40. The molecule has 0 amide bonds. The molecular formula is C32H34N6O2. The zero-order valence-corrected chi connectivity index (χ0v) is 22.9. The minimum atomic E-state index is -0.586. The van der Waals surface area contributed by atoms with Crippen molar-refractivity contribution in [2.75, 3.05) is 36.4 Å². The number of aromatic nitrogens is 3.